The van der Waals surface area contributed by atoms with Gasteiger partial charge < -0.3 is 9.84 Å². The van der Waals surface area contributed by atoms with Crippen LogP contribution in [0.1, 0.15) is 23.2 Å². The number of carbonyl (C=O) groups is 2. The fraction of sp³-hybridized carbons (Fsp3) is 0.111. The third-order valence-corrected chi connectivity index (χ3v) is 4.83. The lowest BCUT2D eigenvalue weighted by Crippen LogP contribution is -2.25. The number of thiophene rings is 1. The van der Waals surface area contributed by atoms with Crippen molar-refractivity contribution in [3.8, 4) is 10.6 Å². The van der Waals surface area contributed by atoms with Crippen molar-refractivity contribution in [1.29, 1.82) is 0 Å². The molecule has 1 N–H and O–H groups in total. The summed E-state index contributed by atoms with van der Waals surface area (Å²) in [6.07, 6.45) is 0. The van der Waals surface area contributed by atoms with E-state index in [-0.39, 0.29) is 17.2 Å². The van der Waals surface area contributed by atoms with Crippen LogP contribution >= 0.6 is 11.3 Å². The van der Waals surface area contributed by atoms with E-state index in [2.05, 4.69) is 32.1 Å². The maximum absolute atomic E-state index is 12.5. The summed E-state index contributed by atoms with van der Waals surface area (Å²) in [7, 11) is 0. The number of amides is 2. The molecule has 2 amide bonds. The van der Waals surface area contributed by atoms with Crippen LogP contribution in [-0.2, 0) is 4.79 Å². The third kappa shape index (κ3) is 3.21. The van der Waals surface area contributed by atoms with Crippen molar-refractivity contribution in [2.75, 3.05) is 5.32 Å². The molecule has 3 aromatic heterocycles. The second-order valence-electron chi connectivity index (χ2n) is 5.97. The van der Waals surface area contributed by atoms with Gasteiger partial charge in [-0.15, -0.1) is 11.3 Å². The van der Waals surface area contributed by atoms with Gasteiger partial charge in [-0.3, -0.25) is 9.59 Å². The van der Waals surface area contributed by atoms with Gasteiger partial charge in [-0.05, 0) is 25.3 Å². The molecule has 140 valence electrons. The first-order valence-electron chi connectivity index (χ1n) is 8.19. The molecule has 9 nitrogen and oxygen atoms in total. The summed E-state index contributed by atoms with van der Waals surface area (Å²) >= 11 is 1.49. The summed E-state index contributed by atoms with van der Waals surface area (Å²) in [5.41, 5.74) is 1.39. The summed E-state index contributed by atoms with van der Waals surface area (Å²) in [6.45, 7) is 7.01. The molecule has 0 saturated carbocycles. The van der Waals surface area contributed by atoms with Crippen molar-refractivity contribution in [3.63, 3.8) is 0 Å². The van der Waals surface area contributed by atoms with E-state index in [0.717, 1.165) is 4.88 Å². The first-order valence-corrected chi connectivity index (χ1v) is 9.07. The Labute approximate surface area is 163 Å². The van der Waals surface area contributed by atoms with E-state index in [1.807, 2.05) is 17.5 Å². The minimum absolute atomic E-state index is 0.0457. The van der Waals surface area contributed by atoms with E-state index in [1.54, 1.807) is 19.9 Å². The molecule has 0 atom stereocenters. The predicted molar refractivity (Wildman–Crippen MR) is 105 cm³/mol. The molecule has 1 aliphatic rings. The Hall–Kier alpha value is -3.66. The second-order valence-corrected chi connectivity index (χ2v) is 6.92. The van der Waals surface area contributed by atoms with Crippen LogP contribution in [0.3, 0.4) is 0 Å². The van der Waals surface area contributed by atoms with E-state index in [0.29, 0.717) is 23.0 Å². The summed E-state index contributed by atoms with van der Waals surface area (Å²) in [5.74, 6) is -0.128. The van der Waals surface area contributed by atoms with Crippen molar-refractivity contribution >= 4 is 40.6 Å². The normalized spacial score (nSPS) is 14.1. The van der Waals surface area contributed by atoms with Crippen molar-refractivity contribution in [2.24, 2.45) is 9.98 Å². The first-order chi connectivity index (χ1) is 13.4. The van der Waals surface area contributed by atoms with E-state index in [1.165, 1.54) is 22.1 Å². The van der Waals surface area contributed by atoms with Gasteiger partial charge in [-0.1, -0.05) is 17.8 Å². The van der Waals surface area contributed by atoms with E-state index >= 15 is 0 Å². The molecule has 28 heavy (non-hydrogen) atoms. The average molecular weight is 394 g/mol. The molecule has 4 rings (SSSR count). The van der Waals surface area contributed by atoms with Gasteiger partial charge in [0.1, 0.15) is 17.3 Å². The summed E-state index contributed by atoms with van der Waals surface area (Å²) in [6, 6.07) is 6.99. The topological polar surface area (TPSA) is 115 Å². The molecule has 4 heterocycles. The minimum atomic E-state index is -0.500. The molecule has 0 aliphatic carbocycles. The fourth-order valence-corrected chi connectivity index (χ4v) is 3.15. The Morgan fingerprint density at radius 1 is 1.29 bits per heavy atom. The van der Waals surface area contributed by atoms with Gasteiger partial charge in [0.05, 0.1) is 16.2 Å². The highest BCUT2D eigenvalue weighted by Gasteiger charge is 2.23. The number of aryl methyl sites for hydroxylation is 1. The number of aromatic nitrogens is 3. The predicted octanol–water partition coefficient (Wildman–Crippen LogP) is 2.92. The van der Waals surface area contributed by atoms with E-state index in [4.69, 9.17) is 4.52 Å². The highest BCUT2D eigenvalue weighted by Crippen LogP contribution is 2.27. The van der Waals surface area contributed by atoms with E-state index in [9.17, 15) is 9.59 Å². The Morgan fingerprint density at radius 3 is 2.75 bits per heavy atom. The molecule has 0 fully saturated rings. The molecule has 0 spiro atoms. The molecule has 0 radical (unpaired) electrons. The van der Waals surface area contributed by atoms with Gasteiger partial charge in [0.25, 0.3) is 17.8 Å². The lowest BCUT2D eigenvalue weighted by atomic mass is 10.2. The molecule has 0 bridgehead atoms. The van der Waals surface area contributed by atoms with Crippen molar-refractivity contribution in [2.45, 2.75) is 13.8 Å². The molecule has 0 unspecified atom stereocenters. The number of hydrogen-bond donors (Lipinski definition) is 1. The number of hydrogen-bond acceptors (Lipinski definition) is 7. The number of aliphatic imine (C=N–C) groups is 2. The van der Waals surface area contributed by atoms with Gasteiger partial charge in [0.15, 0.2) is 5.69 Å². The number of carbonyl (C=O) groups excluding carboxylic acids is 2. The zero-order chi connectivity index (χ0) is 19.8. The zero-order valence-electron chi connectivity index (χ0n) is 15.0. The quantitative estimate of drug-likeness (QED) is 0.686. The van der Waals surface area contributed by atoms with Crippen molar-refractivity contribution < 1.29 is 14.1 Å². The number of anilines is 1. The van der Waals surface area contributed by atoms with E-state index < -0.39 is 11.8 Å². The molecule has 10 heteroatoms. The smallest absolute Gasteiger partial charge is 0.281 e. The minimum Gasteiger partial charge on any atom is -0.361 e. The van der Waals surface area contributed by atoms with Gasteiger partial charge in [-0.25, -0.2) is 4.99 Å². The highest BCUT2D eigenvalue weighted by molar-refractivity contribution is 7.13. The van der Waals surface area contributed by atoms with Gasteiger partial charge in [0, 0.05) is 12.1 Å². The fourth-order valence-electron chi connectivity index (χ4n) is 2.47. The Bertz CT molecular complexity index is 1170. The standard InChI is InChI=1S/C18H14N6O3S/c1-9-7-13(23-27-9)17(26)20-15-8-12(14-5-4-6-28-14)22-24(15)18-19-11(3)10(2)16(25)21-18/h4-8H,2H2,1,3H3,(H,20,26). The number of rotatable bonds is 3. The van der Waals surface area contributed by atoms with Crippen LogP contribution in [0.2, 0.25) is 0 Å². The van der Waals surface area contributed by atoms with Crippen molar-refractivity contribution in [3.05, 3.63) is 53.3 Å². The van der Waals surface area contributed by atoms with Crippen LogP contribution in [0.25, 0.3) is 10.6 Å². The Morgan fingerprint density at radius 2 is 2.11 bits per heavy atom. The van der Waals surface area contributed by atoms with Crippen LogP contribution in [0, 0.1) is 6.92 Å². The molecular weight excluding hydrogens is 380 g/mol. The van der Waals surface area contributed by atoms with Crippen LogP contribution < -0.4 is 5.32 Å². The first kappa shape index (κ1) is 17.7. The average Bonchev–Trinajstić information content (AvgIpc) is 3.39. The summed E-state index contributed by atoms with van der Waals surface area (Å²) in [5, 5.41) is 12.8. The lowest BCUT2D eigenvalue weighted by Gasteiger charge is -2.12. The highest BCUT2D eigenvalue weighted by atomic mass is 32.1. The van der Waals surface area contributed by atoms with Crippen LogP contribution in [0.4, 0.5) is 5.82 Å². The Kier molecular flexibility index (Phi) is 4.32. The van der Waals surface area contributed by atoms with Crippen LogP contribution in [0.5, 0.6) is 0 Å². The molecular formula is C18H14N6O3S. The van der Waals surface area contributed by atoms with Gasteiger partial charge >= 0.3 is 0 Å². The zero-order valence-corrected chi connectivity index (χ0v) is 15.8. The van der Waals surface area contributed by atoms with Crippen LogP contribution in [-0.4, -0.2) is 38.4 Å². The second kappa shape index (κ2) is 6.82. The number of nitrogens with one attached hydrogen (secondary N) is 1. The SMILES string of the molecule is C=C1C(=O)N=C(n2nc(-c3cccs3)cc2NC(=O)c2cc(C)on2)N=C1C. The van der Waals surface area contributed by atoms with Gasteiger partial charge in [-0.2, -0.15) is 14.8 Å². The van der Waals surface area contributed by atoms with Gasteiger partial charge in [0.2, 0.25) is 0 Å². The molecule has 0 aromatic carbocycles. The maximum atomic E-state index is 12.5. The van der Waals surface area contributed by atoms with Crippen molar-refractivity contribution in [1.82, 2.24) is 14.9 Å². The summed E-state index contributed by atoms with van der Waals surface area (Å²) in [4.78, 5) is 33.7. The monoisotopic (exact) mass is 394 g/mol. The largest absolute Gasteiger partial charge is 0.361 e. The molecule has 3 aromatic rings. The Balaban J connectivity index is 1.76. The summed E-state index contributed by atoms with van der Waals surface area (Å²) < 4.78 is 6.26. The maximum Gasteiger partial charge on any atom is 0.281 e. The van der Waals surface area contributed by atoms with Crippen LogP contribution in [0.15, 0.2) is 56.3 Å². The third-order valence-electron chi connectivity index (χ3n) is 3.94. The number of nitrogens with zero attached hydrogens (tertiary/aromatic N) is 5. The molecule has 0 saturated heterocycles. The lowest BCUT2D eigenvalue weighted by molar-refractivity contribution is -0.113. The molecule has 1 aliphatic heterocycles.